The molecule has 1 atom stereocenters. The number of aromatic nitrogens is 3. The molecule has 1 aliphatic heterocycles. The predicted octanol–water partition coefficient (Wildman–Crippen LogP) is -0.468. The number of hydrogen-bond acceptors (Lipinski definition) is 5. The molecule has 96 valence electrons. The van der Waals surface area contributed by atoms with Crippen LogP contribution in [0.25, 0.3) is 0 Å². The summed E-state index contributed by atoms with van der Waals surface area (Å²) in [5.74, 6) is 0.667. The van der Waals surface area contributed by atoms with Crippen molar-refractivity contribution in [2.45, 2.75) is 19.4 Å². The van der Waals surface area contributed by atoms with Crippen molar-refractivity contribution in [1.29, 1.82) is 0 Å². The zero-order valence-electron chi connectivity index (χ0n) is 9.78. The van der Waals surface area contributed by atoms with Gasteiger partial charge in [-0.15, -0.1) is 5.10 Å². The summed E-state index contributed by atoms with van der Waals surface area (Å²) >= 11 is 0. The van der Waals surface area contributed by atoms with Crippen molar-refractivity contribution in [2.75, 3.05) is 25.1 Å². The van der Waals surface area contributed by atoms with Crippen LogP contribution >= 0.6 is 0 Å². The summed E-state index contributed by atoms with van der Waals surface area (Å²) in [4.78, 5) is 0. The summed E-state index contributed by atoms with van der Waals surface area (Å²) in [6.07, 6.45) is 4.82. The van der Waals surface area contributed by atoms with Crippen LogP contribution in [0.3, 0.4) is 0 Å². The predicted molar refractivity (Wildman–Crippen MR) is 63.6 cm³/mol. The van der Waals surface area contributed by atoms with E-state index >= 15 is 0 Å². The molecule has 0 spiro atoms. The number of sulfonamides is 1. The van der Waals surface area contributed by atoms with E-state index < -0.39 is 10.0 Å². The summed E-state index contributed by atoms with van der Waals surface area (Å²) in [5, 5.41) is 7.58. The normalized spacial score (nSPS) is 22.8. The number of anilines is 1. The molecule has 0 aromatic carbocycles. The second-order valence-electron chi connectivity index (χ2n) is 4.49. The molecular weight excluding hydrogens is 242 g/mol. The Bertz CT molecular complexity index is 483. The fourth-order valence-corrected chi connectivity index (χ4v) is 3.09. The van der Waals surface area contributed by atoms with Gasteiger partial charge in [-0.3, -0.25) is 4.68 Å². The smallest absolute Gasteiger partial charge is 0.211 e. The van der Waals surface area contributed by atoms with Gasteiger partial charge in [-0.1, -0.05) is 5.21 Å². The Morgan fingerprint density at radius 1 is 1.59 bits per heavy atom. The minimum Gasteiger partial charge on any atom is -0.381 e. The van der Waals surface area contributed by atoms with E-state index in [1.807, 2.05) is 0 Å². The number of rotatable bonds is 3. The zero-order chi connectivity index (χ0) is 12.5. The van der Waals surface area contributed by atoms with E-state index in [0.717, 1.165) is 12.8 Å². The largest absolute Gasteiger partial charge is 0.381 e. The van der Waals surface area contributed by atoms with E-state index in [1.54, 1.807) is 10.9 Å². The highest BCUT2D eigenvalue weighted by Crippen LogP contribution is 2.20. The second kappa shape index (κ2) is 4.61. The van der Waals surface area contributed by atoms with E-state index in [2.05, 4.69) is 10.3 Å². The maximum atomic E-state index is 11.5. The molecule has 2 rings (SSSR count). The van der Waals surface area contributed by atoms with Crippen LogP contribution in [0.15, 0.2) is 6.20 Å². The first-order valence-electron chi connectivity index (χ1n) is 5.56. The molecule has 1 aromatic heterocycles. The molecule has 0 amide bonds. The molecule has 1 saturated heterocycles. The van der Waals surface area contributed by atoms with E-state index in [9.17, 15) is 8.42 Å². The van der Waals surface area contributed by atoms with Crippen molar-refractivity contribution in [3.05, 3.63) is 6.20 Å². The molecule has 0 bridgehead atoms. The number of nitrogen functional groups attached to an aromatic ring is 1. The quantitative estimate of drug-likeness (QED) is 0.792. The molecule has 17 heavy (non-hydrogen) atoms. The highest BCUT2D eigenvalue weighted by atomic mass is 32.2. The summed E-state index contributed by atoms with van der Waals surface area (Å²) in [6, 6.07) is 0. The average molecular weight is 259 g/mol. The average Bonchev–Trinajstić information content (AvgIpc) is 2.63. The van der Waals surface area contributed by atoms with Crippen LogP contribution in [-0.2, 0) is 16.6 Å². The molecule has 0 saturated carbocycles. The van der Waals surface area contributed by atoms with Gasteiger partial charge < -0.3 is 5.73 Å². The highest BCUT2D eigenvalue weighted by molar-refractivity contribution is 7.88. The summed E-state index contributed by atoms with van der Waals surface area (Å²) in [5.41, 5.74) is 5.48. The Balaban J connectivity index is 1.98. The van der Waals surface area contributed by atoms with Crippen molar-refractivity contribution in [3.8, 4) is 0 Å². The lowest BCUT2D eigenvalue weighted by atomic mass is 10.00. The molecule has 1 aliphatic rings. The van der Waals surface area contributed by atoms with Gasteiger partial charge in [-0.2, -0.15) is 0 Å². The fraction of sp³-hybridized carbons (Fsp3) is 0.778. The van der Waals surface area contributed by atoms with Crippen molar-refractivity contribution >= 4 is 15.8 Å². The van der Waals surface area contributed by atoms with Gasteiger partial charge in [0.1, 0.15) is 0 Å². The van der Waals surface area contributed by atoms with Crippen LogP contribution in [0.1, 0.15) is 12.8 Å². The summed E-state index contributed by atoms with van der Waals surface area (Å²) in [7, 11) is -3.08. The molecule has 2 heterocycles. The van der Waals surface area contributed by atoms with E-state index in [4.69, 9.17) is 5.73 Å². The van der Waals surface area contributed by atoms with Gasteiger partial charge in [0.05, 0.1) is 12.5 Å². The maximum Gasteiger partial charge on any atom is 0.211 e. The topological polar surface area (TPSA) is 94.1 Å². The third-order valence-electron chi connectivity index (χ3n) is 2.95. The van der Waals surface area contributed by atoms with E-state index in [-0.39, 0.29) is 5.92 Å². The first-order valence-corrected chi connectivity index (χ1v) is 7.41. The standard InChI is InChI=1S/C9H17N5O2S/c1-17(15,16)14-4-2-3-8(6-14)5-13-7-9(10)11-12-13/h7-8H,2-6,10H2,1H3. The molecule has 1 aromatic rings. The first-order chi connectivity index (χ1) is 7.95. The first kappa shape index (κ1) is 12.3. The van der Waals surface area contributed by atoms with Gasteiger partial charge in [0.25, 0.3) is 0 Å². The molecule has 7 nitrogen and oxygen atoms in total. The fourth-order valence-electron chi connectivity index (χ4n) is 2.14. The Morgan fingerprint density at radius 2 is 2.35 bits per heavy atom. The van der Waals surface area contributed by atoms with Gasteiger partial charge in [0.15, 0.2) is 5.82 Å². The number of nitrogens with zero attached hydrogens (tertiary/aromatic N) is 4. The molecule has 1 fully saturated rings. The van der Waals surface area contributed by atoms with Crippen molar-refractivity contribution in [1.82, 2.24) is 19.3 Å². The Hall–Kier alpha value is -1.15. The lowest BCUT2D eigenvalue weighted by Crippen LogP contribution is -2.40. The maximum absolute atomic E-state index is 11.5. The Labute approximate surface area is 101 Å². The van der Waals surface area contributed by atoms with Crippen LogP contribution in [0.5, 0.6) is 0 Å². The van der Waals surface area contributed by atoms with Gasteiger partial charge in [0, 0.05) is 19.6 Å². The van der Waals surface area contributed by atoms with Crippen LogP contribution in [0.4, 0.5) is 5.82 Å². The molecule has 1 unspecified atom stereocenters. The molecule has 0 radical (unpaired) electrons. The van der Waals surface area contributed by atoms with Crippen molar-refractivity contribution in [3.63, 3.8) is 0 Å². The lowest BCUT2D eigenvalue weighted by Gasteiger charge is -2.30. The second-order valence-corrected chi connectivity index (χ2v) is 6.48. The van der Waals surface area contributed by atoms with E-state index in [1.165, 1.54) is 10.6 Å². The third-order valence-corrected chi connectivity index (χ3v) is 4.22. The van der Waals surface area contributed by atoms with Crippen LogP contribution in [-0.4, -0.2) is 47.1 Å². The Morgan fingerprint density at radius 3 is 2.94 bits per heavy atom. The molecule has 2 N–H and O–H groups in total. The van der Waals surface area contributed by atoms with E-state index in [0.29, 0.717) is 25.5 Å². The number of piperidine rings is 1. The third kappa shape index (κ3) is 3.16. The van der Waals surface area contributed by atoms with Gasteiger partial charge >= 0.3 is 0 Å². The minimum atomic E-state index is -3.08. The van der Waals surface area contributed by atoms with Crippen molar-refractivity contribution < 1.29 is 8.42 Å². The molecule has 0 aliphatic carbocycles. The summed E-state index contributed by atoms with van der Waals surface area (Å²) in [6.45, 7) is 1.84. The van der Waals surface area contributed by atoms with Crippen LogP contribution in [0, 0.1) is 5.92 Å². The summed E-state index contributed by atoms with van der Waals surface area (Å²) < 4.78 is 26.1. The van der Waals surface area contributed by atoms with Gasteiger partial charge in [0.2, 0.25) is 10.0 Å². The SMILES string of the molecule is CS(=O)(=O)N1CCCC(Cn2cc(N)nn2)C1. The van der Waals surface area contributed by atoms with Crippen molar-refractivity contribution in [2.24, 2.45) is 5.92 Å². The number of hydrogen-bond donors (Lipinski definition) is 1. The Kier molecular flexibility index (Phi) is 3.34. The van der Waals surface area contributed by atoms with Crippen LogP contribution in [0.2, 0.25) is 0 Å². The minimum absolute atomic E-state index is 0.277. The lowest BCUT2D eigenvalue weighted by molar-refractivity contribution is 0.239. The van der Waals surface area contributed by atoms with Gasteiger partial charge in [-0.05, 0) is 18.8 Å². The monoisotopic (exact) mass is 259 g/mol. The zero-order valence-corrected chi connectivity index (χ0v) is 10.6. The molecule has 8 heteroatoms. The van der Waals surface area contributed by atoms with Gasteiger partial charge in [-0.25, -0.2) is 12.7 Å². The highest BCUT2D eigenvalue weighted by Gasteiger charge is 2.26. The molecular formula is C9H17N5O2S. The van der Waals surface area contributed by atoms with Crippen LogP contribution < -0.4 is 5.73 Å². The number of nitrogens with two attached hydrogens (primary N) is 1.